The standard InChI is InChI=1S/C28H36FN7O3/c1-17-22(29)20(14-18-15-33(7)32-23(17)18)31-25(37)35-11-9-19-21(8-10-30-24(19)35)34-12-13-36(28(5,6)16-34)26(38)39-27(2,3)4/h8,10,14-15H,9,11-13,16H2,1-7H3,(H,31,37). The predicted octanol–water partition coefficient (Wildman–Crippen LogP) is 4.85. The zero-order valence-corrected chi connectivity index (χ0v) is 23.6. The van der Waals surface area contributed by atoms with E-state index < -0.39 is 23.0 Å². The van der Waals surface area contributed by atoms with Crippen LogP contribution in [0.25, 0.3) is 10.9 Å². The van der Waals surface area contributed by atoms with Crippen LogP contribution in [0.3, 0.4) is 0 Å². The minimum absolute atomic E-state index is 0.114. The van der Waals surface area contributed by atoms with Crippen molar-refractivity contribution in [3.05, 3.63) is 41.5 Å². The van der Waals surface area contributed by atoms with Crippen LogP contribution in [0.5, 0.6) is 0 Å². The lowest BCUT2D eigenvalue weighted by atomic mass is 9.98. The Labute approximate surface area is 227 Å². The summed E-state index contributed by atoms with van der Waals surface area (Å²) in [5.74, 6) is 0.0673. The summed E-state index contributed by atoms with van der Waals surface area (Å²) in [6, 6.07) is 3.13. The fourth-order valence-electron chi connectivity index (χ4n) is 5.49. The number of urea groups is 1. The number of carbonyl (C=O) groups is 2. The van der Waals surface area contributed by atoms with Gasteiger partial charge in [-0.1, -0.05) is 0 Å². The zero-order chi connectivity index (χ0) is 28.3. The Balaban J connectivity index is 1.35. The summed E-state index contributed by atoms with van der Waals surface area (Å²) < 4.78 is 22.4. The zero-order valence-electron chi connectivity index (χ0n) is 23.6. The number of hydrogen-bond donors (Lipinski definition) is 1. The van der Waals surface area contributed by atoms with Gasteiger partial charge in [-0.25, -0.2) is 19.0 Å². The molecule has 2 aromatic heterocycles. The van der Waals surface area contributed by atoms with Crippen LogP contribution in [0.15, 0.2) is 24.5 Å². The Hall–Kier alpha value is -3.89. The van der Waals surface area contributed by atoms with E-state index in [-0.39, 0.29) is 11.8 Å². The van der Waals surface area contributed by atoms with Gasteiger partial charge in [-0.3, -0.25) is 14.5 Å². The van der Waals surface area contributed by atoms with Crippen molar-refractivity contribution in [2.24, 2.45) is 7.05 Å². The van der Waals surface area contributed by atoms with Crippen LogP contribution in [-0.4, -0.2) is 69.1 Å². The summed E-state index contributed by atoms with van der Waals surface area (Å²) in [5, 5.41) is 7.80. The molecule has 208 valence electrons. The van der Waals surface area contributed by atoms with Crippen LogP contribution in [0.4, 0.5) is 31.2 Å². The topological polar surface area (TPSA) is 95.8 Å². The number of hydrogen-bond acceptors (Lipinski definition) is 6. The van der Waals surface area contributed by atoms with Crippen LogP contribution in [-0.2, 0) is 18.2 Å². The van der Waals surface area contributed by atoms with Crippen molar-refractivity contribution in [1.82, 2.24) is 19.7 Å². The van der Waals surface area contributed by atoms with Crippen LogP contribution in [0.1, 0.15) is 45.7 Å². The minimum Gasteiger partial charge on any atom is -0.444 e. The van der Waals surface area contributed by atoms with Crippen molar-refractivity contribution in [2.75, 3.05) is 41.3 Å². The Morgan fingerprint density at radius 2 is 1.92 bits per heavy atom. The molecule has 0 radical (unpaired) electrons. The summed E-state index contributed by atoms with van der Waals surface area (Å²) in [5.41, 5.74) is 2.00. The molecule has 0 spiro atoms. The molecule has 1 N–H and O–H groups in total. The SMILES string of the molecule is Cc1c(F)c(NC(=O)N2CCc3c(N4CCN(C(=O)OC(C)(C)C)C(C)(C)C4)ccnc32)cc2cn(C)nc12. The largest absolute Gasteiger partial charge is 0.444 e. The highest BCUT2D eigenvalue weighted by Crippen LogP contribution is 2.37. The number of pyridine rings is 1. The molecule has 3 amide bonds. The second-order valence-electron chi connectivity index (χ2n) is 11.9. The summed E-state index contributed by atoms with van der Waals surface area (Å²) >= 11 is 0. The number of fused-ring (bicyclic) bond motifs is 2. The van der Waals surface area contributed by atoms with Gasteiger partial charge in [0, 0.05) is 67.8 Å². The second kappa shape index (κ2) is 9.39. The average molecular weight is 538 g/mol. The van der Waals surface area contributed by atoms with Gasteiger partial charge in [0.25, 0.3) is 0 Å². The second-order valence-corrected chi connectivity index (χ2v) is 11.9. The van der Waals surface area contributed by atoms with E-state index in [9.17, 15) is 9.59 Å². The Morgan fingerprint density at radius 1 is 1.18 bits per heavy atom. The van der Waals surface area contributed by atoms with Crippen LogP contribution < -0.4 is 15.1 Å². The maximum Gasteiger partial charge on any atom is 0.410 e. The van der Waals surface area contributed by atoms with E-state index in [0.29, 0.717) is 49.5 Å². The molecule has 2 aliphatic rings. The number of carbonyl (C=O) groups excluding carboxylic acids is 2. The molecule has 4 heterocycles. The molecule has 0 aliphatic carbocycles. The molecule has 0 unspecified atom stereocenters. The van der Waals surface area contributed by atoms with E-state index in [2.05, 4.69) is 20.3 Å². The van der Waals surface area contributed by atoms with Gasteiger partial charge in [0.05, 0.1) is 16.7 Å². The number of aryl methyl sites for hydroxylation is 2. The molecular weight excluding hydrogens is 501 g/mol. The molecule has 11 heteroatoms. The van der Waals surface area contributed by atoms with Crippen molar-refractivity contribution in [1.29, 1.82) is 0 Å². The lowest BCUT2D eigenvalue weighted by molar-refractivity contribution is 0.000363. The van der Waals surface area contributed by atoms with E-state index in [0.717, 1.165) is 16.6 Å². The fourth-order valence-corrected chi connectivity index (χ4v) is 5.49. The molecule has 0 saturated carbocycles. The van der Waals surface area contributed by atoms with Gasteiger partial charge in [0.15, 0.2) is 5.82 Å². The van der Waals surface area contributed by atoms with Gasteiger partial charge in [-0.05, 0) is 60.1 Å². The lowest BCUT2D eigenvalue weighted by Crippen LogP contribution is -2.62. The number of anilines is 3. The number of halogens is 1. The van der Waals surface area contributed by atoms with Crippen LogP contribution >= 0.6 is 0 Å². The lowest BCUT2D eigenvalue weighted by Gasteiger charge is -2.48. The first-order valence-corrected chi connectivity index (χ1v) is 13.2. The van der Waals surface area contributed by atoms with Crippen LogP contribution in [0.2, 0.25) is 0 Å². The highest BCUT2D eigenvalue weighted by Gasteiger charge is 2.40. The van der Waals surface area contributed by atoms with Gasteiger partial charge >= 0.3 is 12.1 Å². The first kappa shape index (κ1) is 26.7. The molecule has 10 nitrogen and oxygen atoms in total. The van der Waals surface area contributed by atoms with Crippen molar-refractivity contribution in [3.63, 3.8) is 0 Å². The third-order valence-electron chi connectivity index (χ3n) is 7.27. The monoisotopic (exact) mass is 537 g/mol. The molecular formula is C28H36FN7O3. The summed E-state index contributed by atoms with van der Waals surface area (Å²) in [4.78, 5) is 36.3. The Bertz CT molecular complexity index is 1460. The van der Waals surface area contributed by atoms with Gasteiger partial charge in [-0.2, -0.15) is 5.10 Å². The van der Waals surface area contributed by atoms with Crippen molar-refractivity contribution in [3.8, 4) is 0 Å². The van der Waals surface area contributed by atoms with Gasteiger partial charge in [0.1, 0.15) is 11.4 Å². The molecule has 0 bridgehead atoms. The van der Waals surface area contributed by atoms with E-state index in [1.807, 2.05) is 40.7 Å². The number of nitrogens with one attached hydrogen (secondary N) is 1. The normalized spacial score (nSPS) is 17.0. The molecule has 1 fully saturated rings. The average Bonchev–Trinajstić information content (AvgIpc) is 3.43. The number of piperazine rings is 1. The number of ether oxygens (including phenoxy) is 1. The van der Waals surface area contributed by atoms with E-state index in [1.54, 1.807) is 46.9 Å². The van der Waals surface area contributed by atoms with E-state index in [4.69, 9.17) is 4.74 Å². The van der Waals surface area contributed by atoms with Crippen molar-refractivity contribution < 1.29 is 18.7 Å². The van der Waals surface area contributed by atoms with Crippen LogP contribution in [0, 0.1) is 12.7 Å². The van der Waals surface area contributed by atoms with Gasteiger partial charge in [0.2, 0.25) is 0 Å². The minimum atomic E-state index is -0.564. The van der Waals surface area contributed by atoms with E-state index in [1.165, 1.54) is 0 Å². The fraction of sp³-hybridized carbons (Fsp3) is 0.500. The maximum atomic E-state index is 15.1. The quantitative estimate of drug-likeness (QED) is 0.502. The Morgan fingerprint density at radius 3 is 2.62 bits per heavy atom. The van der Waals surface area contributed by atoms with Crippen molar-refractivity contribution >= 4 is 40.2 Å². The number of aromatic nitrogens is 3. The smallest absolute Gasteiger partial charge is 0.410 e. The molecule has 39 heavy (non-hydrogen) atoms. The first-order valence-electron chi connectivity index (χ1n) is 13.2. The number of nitrogens with zero attached hydrogens (tertiary/aromatic N) is 6. The molecule has 5 rings (SSSR count). The Kier molecular flexibility index (Phi) is 6.43. The highest BCUT2D eigenvalue weighted by molar-refractivity contribution is 6.04. The van der Waals surface area contributed by atoms with Gasteiger partial charge in [-0.15, -0.1) is 0 Å². The molecule has 3 aromatic rings. The molecule has 1 aromatic carbocycles. The highest BCUT2D eigenvalue weighted by atomic mass is 19.1. The molecule has 0 atom stereocenters. The van der Waals surface area contributed by atoms with Crippen molar-refractivity contribution in [2.45, 2.75) is 59.1 Å². The first-order chi connectivity index (χ1) is 18.2. The number of rotatable bonds is 2. The third-order valence-corrected chi connectivity index (χ3v) is 7.27. The molecule has 1 saturated heterocycles. The summed E-state index contributed by atoms with van der Waals surface area (Å²) in [6.45, 7) is 13.5. The number of benzene rings is 1. The summed E-state index contributed by atoms with van der Waals surface area (Å²) in [6.07, 6.45) is 3.80. The number of amides is 3. The third kappa shape index (κ3) is 4.97. The molecule has 2 aliphatic heterocycles. The van der Waals surface area contributed by atoms with Gasteiger partial charge < -0.3 is 15.0 Å². The maximum absolute atomic E-state index is 15.1. The van der Waals surface area contributed by atoms with E-state index >= 15 is 4.39 Å². The summed E-state index contributed by atoms with van der Waals surface area (Å²) in [7, 11) is 1.78. The predicted molar refractivity (Wildman–Crippen MR) is 149 cm³/mol.